The van der Waals surface area contributed by atoms with Gasteiger partial charge in [-0.2, -0.15) is 14.0 Å². The molecule has 0 unspecified atom stereocenters. The molecule has 2 aromatic carbocycles. The summed E-state index contributed by atoms with van der Waals surface area (Å²) in [5.41, 5.74) is -6.25. The Morgan fingerprint density at radius 1 is 1.04 bits per heavy atom. The lowest BCUT2D eigenvalue weighted by Gasteiger charge is -2.47. The highest BCUT2D eigenvalue weighted by atomic mass is 32.1. The highest BCUT2D eigenvalue weighted by molar-refractivity contribution is 7.52. The number of fused-ring (bicyclic) bond motifs is 3. The van der Waals surface area contributed by atoms with Crippen molar-refractivity contribution in [1.29, 1.82) is 5.26 Å². The molecule has 3 saturated heterocycles. The van der Waals surface area contributed by atoms with Crippen LogP contribution in [0.2, 0.25) is 0 Å². The molecule has 3 aromatic rings. The first-order valence-electron chi connectivity index (χ1n) is 15.3. The van der Waals surface area contributed by atoms with Crippen molar-refractivity contribution in [3.8, 4) is 6.07 Å². The molecule has 5 atom stereocenters. The van der Waals surface area contributed by atoms with Gasteiger partial charge >= 0.3 is 13.3 Å². The van der Waals surface area contributed by atoms with Crippen LogP contribution < -0.4 is 5.32 Å². The fraction of sp³-hybridized carbons (Fsp3) is 0.438. The molecule has 47 heavy (non-hydrogen) atoms. The summed E-state index contributed by atoms with van der Waals surface area (Å²) in [7, 11) is -5.78. The van der Waals surface area contributed by atoms with Gasteiger partial charge in [0.1, 0.15) is 12.1 Å². The zero-order valence-electron chi connectivity index (χ0n) is 24.8. The van der Waals surface area contributed by atoms with Crippen molar-refractivity contribution < 1.29 is 41.9 Å². The van der Waals surface area contributed by atoms with E-state index in [0.717, 1.165) is 36.3 Å². The molecule has 15 heteroatoms. The molecule has 3 aliphatic heterocycles. The van der Waals surface area contributed by atoms with E-state index < -0.39 is 42.5 Å². The zero-order chi connectivity index (χ0) is 33.5. The molecule has 0 spiro atoms. The zero-order valence-corrected chi connectivity index (χ0v) is 26.5. The number of thiophene rings is 1. The Balaban J connectivity index is 1.07. The van der Waals surface area contributed by atoms with Crippen LogP contribution >= 0.6 is 18.9 Å². The second kappa shape index (κ2) is 11.2. The average Bonchev–Trinajstić information content (AvgIpc) is 3.39. The first-order chi connectivity index (χ1) is 22.2. The lowest BCUT2D eigenvalue weighted by atomic mass is 9.87. The molecular weight excluding hydrogens is 656 g/mol. The molecule has 246 valence electrons. The van der Waals surface area contributed by atoms with Crippen LogP contribution in [0.5, 0.6) is 0 Å². The second-order valence-corrected chi connectivity index (χ2v) is 15.8. The molecule has 1 aliphatic carbocycles. The first kappa shape index (κ1) is 31.8. The third-order valence-electron chi connectivity index (χ3n) is 10.0. The van der Waals surface area contributed by atoms with E-state index in [2.05, 4.69) is 5.32 Å². The summed E-state index contributed by atoms with van der Waals surface area (Å²) in [6.45, 7) is -0.334. The number of nitrogens with one attached hydrogen (secondary N) is 1. The van der Waals surface area contributed by atoms with Crippen molar-refractivity contribution in [3.63, 3.8) is 0 Å². The van der Waals surface area contributed by atoms with E-state index >= 15 is 4.39 Å². The van der Waals surface area contributed by atoms with Crippen LogP contribution in [0.1, 0.15) is 58.5 Å². The number of amides is 3. The summed E-state index contributed by atoms with van der Waals surface area (Å²) >= 11 is 0.994. The highest BCUT2D eigenvalue weighted by Gasteiger charge is 2.55. The van der Waals surface area contributed by atoms with Crippen molar-refractivity contribution in [2.45, 2.75) is 61.6 Å². The summed E-state index contributed by atoms with van der Waals surface area (Å²) in [4.78, 5) is 62.5. The number of hydrogen-bond acceptors (Lipinski definition) is 6. The Morgan fingerprint density at radius 3 is 2.43 bits per heavy atom. The lowest BCUT2D eigenvalue weighted by molar-refractivity contribution is -0.156. The molecule has 1 aromatic heterocycles. The largest absolute Gasteiger partial charge is 0.399 e. The molecule has 0 radical (unpaired) electrons. The topological polar surface area (TPSA) is 151 Å². The number of hydrogen-bond donors (Lipinski definition) is 3. The molecule has 4 fully saturated rings. The van der Waals surface area contributed by atoms with Gasteiger partial charge in [-0.1, -0.05) is 18.2 Å². The molecule has 4 heterocycles. The summed E-state index contributed by atoms with van der Waals surface area (Å²) in [5, 5.41) is 12.0. The molecule has 4 aliphatic rings. The van der Waals surface area contributed by atoms with Crippen LogP contribution in [0.3, 0.4) is 0 Å². The van der Waals surface area contributed by atoms with Gasteiger partial charge in [-0.05, 0) is 85.2 Å². The molecule has 0 bridgehead atoms. The van der Waals surface area contributed by atoms with Gasteiger partial charge in [-0.25, -0.2) is 4.39 Å². The maximum Gasteiger partial charge on any atom is 0.399 e. The molecular formula is C32H30F3N4O6PS. The van der Waals surface area contributed by atoms with Crippen LogP contribution in [-0.4, -0.2) is 68.5 Å². The van der Waals surface area contributed by atoms with Crippen LogP contribution in [-0.2, 0) is 25.5 Å². The van der Waals surface area contributed by atoms with E-state index in [1.165, 1.54) is 29.2 Å². The van der Waals surface area contributed by atoms with Crippen molar-refractivity contribution in [2.75, 3.05) is 13.1 Å². The molecule has 10 nitrogen and oxygen atoms in total. The standard InChI is InChI=1S/C32H30F3N4O6PS/c33-31(21-3-1-17(14-36)2-4-21)15-38(16-31)30(42)25-7-6-23-11-18-9-19(18)12-24(29(41)39(23)25)37-28(40)27-13-20-10-22(5-8-26(20)47-27)32(34,35)46(43,44)45/h1-5,8,10,13,18-19,23-25H,6-7,9,11-12,15-16H2,(H,37,40)(H2,43,44,45)/t18-,19+,23-,24+,25+/m1/s1. The van der Waals surface area contributed by atoms with Gasteiger partial charge in [-0.15, -0.1) is 11.3 Å². The van der Waals surface area contributed by atoms with Crippen LogP contribution in [0, 0.1) is 23.2 Å². The van der Waals surface area contributed by atoms with E-state index in [1.54, 1.807) is 17.0 Å². The number of carbonyl (C=O) groups excluding carboxylic acids is 3. The van der Waals surface area contributed by atoms with E-state index in [9.17, 15) is 27.7 Å². The van der Waals surface area contributed by atoms with E-state index in [0.29, 0.717) is 41.0 Å². The monoisotopic (exact) mass is 686 g/mol. The molecule has 3 N–H and O–H groups in total. The number of rotatable bonds is 6. The van der Waals surface area contributed by atoms with Crippen LogP contribution in [0.25, 0.3) is 10.1 Å². The lowest BCUT2D eigenvalue weighted by Crippen LogP contribution is -2.64. The second-order valence-electron chi connectivity index (χ2n) is 13.0. The summed E-state index contributed by atoms with van der Waals surface area (Å²) < 4.78 is 56.0. The number of alkyl halides is 3. The first-order valence-corrected chi connectivity index (χ1v) is 17.7. The van der Waals surface area contributed by atoms with Crippen LogP contribution in [0.4, 0.5) is 13.2 Å². The summed E-state index contributed by atoms with van der Waals surface area (Å²) in [6, 6.07) is 10.7. The fourth-order valence-corrected chi connectivity index (χ4v) is 8.74. The van der Waals surface area contributed by atoms with Gasteiger partial charge in [0.15, 0.2) is 5.67 Å². The van der Waals surface area contributed by atoms with Crippen molar-refractivity contribution >= 4 is 46.7 Å². The Morgan fingerprint density at radius 2 is 1.74 bits per heavy atom. The highest BCUT2D eigenvalue weighted by Crippen LogP contribution is 2.59. The minimum Gasteiger partial charge on any atom is -0.340 e. The minimum absolute atomic E-state index is 0.132. The predicted molar refractivity (Wildman–Crippen MR) is 164 cm³/mol. The predicted octanol–water partition coefficient (Wildman–Crippen LogP) is 4.60. The molecule has 1 saturated carbocycles. The SMILES string of the molecule is N#Cc1ccc(C2(F)CN(C(=O)[C@@H]3CC[C@@H]4C[C@H]5C[C@H]5C[C@H](NC(=O)c5cc6cc(C(F)(F)P(=O)(O)O)ccc6s5)C(=O)N43)C2)cc1. The number of likely N-dealkylation sites (tertiary alicyclic amines) is 1. The number of nitrogens with zero attached hydrogens (tertiary/aromatic N) is 3. The maximum absolute atomic E-state index is 15.7. The van der Waals surface area contributed by atoms with Gasteiger partial charge in [0, 0.05) is 16.3 Å². The fourth-order valence-electron chi connectivity index (χ4n) is 7.32. The van der Waals surface area contributed by atoms with Gasteiger partial charge in [0.2, 0.25) is 11.8 Å². The Labute approximate surface area is 271 Å². The normalized spacial score (nSPS) is 26.8. The Bertz CT molecular complexity index is 1890. The number of nitriles is 1. The van der Waals surface area contributed by atoms with E-state index in [-0.39, 0.29) is 47.1 Å². The summed E-state index contributed by atoms with van der Waals surface area (Å²) in [6.07, 6.45) is 3.10. The van der Waals surface area contributed by atoms with Crippen molar-refractivity contribution in [3.05, 3.63) is 70.1 Å². The maximum atomic E-state index is 15.7. The van der Waals surface area contributed by atoms with Gasteiger partial charge < -0.3 is 24.9 Å². The Hall–Kier alpha value is -3.76. The third-order valence-corrected chi connectivity index (χ3v) is 12.1. The van der Waals surface area contributed by atoms with Gasteiger partial charge in [-0.3, -0.25) is 18.9 Å². The Kier molecular flexibility index (Phi) is 7.55. The smallest absolute Gasteiger partial charge is 0.340 e. The minimum atomic E-state index is -5.78. The van der Waals surface area contributed by atoms with Crippen molar-refractivity contribution in [1.82, 2.24) is 15.1 Å². The van der Waals surface area contributed by atoms with Gasteiger partial charge in [0.25, 0.3) is 5.91 Å². The van der Waals surface area contributed by atoms with E-state index in [4.69, 9.17) is 15.0 Å². The quantitative estimate of drug-likeness (QED) is 0.321. The van der Waals surface area contributed by atoms with Crippen molar-refractivity contribution in [2.24, 2.45) is 11.8 Å². The van der Waals surface area contributed by atoms with Crippen LogP contribution in [0.15, 0.2) is 48.5 Å². The van der Waals surface area contributed by atoms with E-state index in [1.807, 2.05) is 6.07 Å². The third kappa shape index (κ3) is 5.53. The molecule has 7 rings (SSSR count). The molecule has 3 amide bonds. The summed E-state index contributed by atoms with van der Waals surface area (Å²) in [5.74, 6) is -0.713. The number of halogens is 3. The number of benzene rings is 2. The number of carbonyl (C=O) groups is 3. The average molecular weight is 687 g/mol. The van der Waals surface area contributed by atoms with Gasteiger partial charge in [0.05, 0.1) is 29.6 Å².